The monoisotopic (exact) mass is 190 g/mol. The van der Waals surface area contributed by atoms with Crippen LogP contribution in [0.4, 0.5) is 0 Å². The highest BCUT2D eigenvalue weighted by molar-refractivity contribution is 5.99. The van der Waals surface area contributed by atoms with Crippen LogP contribution in [0.1, 0.15) is 42.1 Å². The van der Waals surface area contributed by atoms with E-state index in [1.807, 2.05) is 18.2 Å². The van der Waals surface area contributed by atoms with Crippen molar-refractivity contribution in [2.45, 2.75) is 26.2 Å². The van der Waals surface area contributed by atoms with Gasteiger partial charge in [0.25, 0.3) is 0 Å². The first-order valence-electron chi connectivity index (χ1n) is 4.98. The van der Waals surface area contributed by atoms with Gasteiger partial charge < -0.3 is 4.74 Å². The van der Waals surface area contributed by atoms with Crippen molar-refractivity contribution in [1.29, 1.82) is 0 Å². The summed E-state index contributed by atoms with van der Waals surface area (Å²) in [6, 6.07) is 5.87. The molecule has 14 heavy (non-hydrogen) atoms. The molecule has 0 radical (unpaired) electrons. The van der Waals surface area contributed by atoms with E-state index in [2.05, 4.69) is 13.8 Å². The summed E-state index contributed by atoms with van der Waals surface area (Å²) in [6.07, 6.45) is 0.508. The van der Waals surface area contributed by atoms with Crippen LogP contribution in [0.2, 0.25) is 0 Å². The van der Waals surface area contributed by atoms with Crippen molar-refractivity contribution in [2.75, 3.05) is 6.61 Å². The number of carbonyl (C=O) groups excluding carboxylic acids is 1. The predicted octanol–water partition coefficient (Wildman–Crippen LogP) is 2.78. The first-order chi connectivity index (χ1) is 6.68. The molecule has 1 aromatic carbocycles. The third kappa shape index (κ3) is 1.52. The Labute approximate surface area is 83.9 Å². The highest BCUT2D eigenvalue weighted by Gasteiger charge is 2.18. The molecule has 0 saturated heterocycles. The number of ether oxygens (including phenoxy) is 1. The minimum atomic E-state index is 0.196. The van der Waals surface area contributed by atoms with E-state index in [0.29, 0.717) is 18.9 Å². The molecule has 0 aromatic heterocycles. The Bertz CT molecular complexity index is 367. The molecule has 0 fully saturated rings. The Hall–Kier alpha value is -1.31. The van der Waals surface area contributed by atoms with E-state index in [1.165, 1.54) is 5.56 Å². The third-order valence-corrected chi connectivity index (χ3v) is 2.56. The maximum absolute atomic E-state index is 11.5. The van der Waals surface area contributed by atoms with Crippen molar-refractivity contribution in [1.82, 2.24) is 0 Å². The van der Waals surface area contributed by atoms with Crippen molar-refractivity contribution >= 4 is 5.78 Å². The SMILES string of the molecule is CC(C)c1ccc2c(c1)OCCC2=O. The van der Waals surface area contributed by atoms with Crippen LogP contribution in [0, 0.1) is 0 Å². The Morgan fingerprint density at radius 2 is 2.14 bits per heavy atom. The standard InChI is InChI=1S/C12H14O2/c1-8(2)9-3-4-10-11(13)5-6-14-12(10)7-9/h3-4,7-8H,5-6H2,1-2H3. The highest BCUT2D eigenvalue weighted by atomic mass is 16.5. The minimum Gasteiger partial charge on any atom is -0.492 e. The Morgan fingerprint density at radius 3 is 2.86 bits per heavy atom. The zero-order chi connectivity index (χ0) is 10.1. The third-order valence-electron chi connectivity index (χ3n) is 2.56. The van der Waals surface area contributed by atoms with Gasteiger partial charge in [0.2, 0.25) is 0 Å². The molecule has 1 aliphatic rings. The topological polar surface area (TPSA) is 26.3 Å². The zero-order valence-corrected chi connectivity index (χ0v) is 8.54. The average Bonchev–Trinajstić information content (AvgIpc) is 2.17. The maximum Gasteiger partial charge on any atom is 0.169 e. The van der Waals surface area contributed by atoms with Gasteiger partial charge >= 0.3 is 0 Å². The number of hydrogen-bond acceptors (Lipinski definition) is 2. The lowest BCUT2D eigenvalue weighted by Crippen LogP contribution is -2.15. The summed E-state index contributed by atoms with van der Waals surface area (Å²) in [5, 5.41) is 0. The summed E-state index contributed by atoms with van der Waals surface area (Å²) in [4.78, 5) is 11.5. The first kappa shape index (κ1) is 9.25. The second-order valence-electron chi connectivity index (χ2n) is 3.93. The lowest BCUT2D eigenvalue weighted by Gasteiger charge is -2.17. The quantitative estimate of drug-likeness (QED) is 0.680. The van der Waals surface area contributed by atoms with E-state index in [-0.39, 0.29) is 5.78 Å². The van der Waals surface area contributed by atoms with Crippen LogP contribution in [0.25, 0.3) is 0 Å². The largest absolute Gasteiger partial charge is 0.492 e. The Balaban J connectivity index is 2.44. The summed E-state index contributed by atoms with van der Waals surface area (Å²) in [5.74, 6) is 1.43. The van der Waals surface area contributed by atoms with Gasteiger partial charge in [0.1, 0.15) is 5.75 Å². The van der Waals surface area contributed by atoms with Crippen LogP contribution >= 0.6 is 0 Å². The van der Waals surface area contributed by atoms with E-state index in [9.17, 15) is 4.79 Å². The molecule has 0 amide bonds. The van der Waals surface area contributed by atoms with Gasteiger partial charge in [0.15, 0.2) is 5.78 Å². The number of rotatable bonds is 1. The van der Waals surface area contributed by atoms with Crippen LogP contribution in [0.5, 0.6) is 5.75 Å². The normalized spacial score (nSPS) is 15.2. The fraction of sp³-hybridized carbons (Fsp3) is 0.417. The average molecular weight is 190 g/mol. The van der Waals surface area contributed by atoms with Crippen molar-refractivity contribution < 1.29 is 9.53 Å². The molecule has 0 unspecified atom stereocenters. The van der Waals surface area contributed by atoms with Gasteiger partial charge in [-0.1, -0.05) is 19.9 Å². The molecule has 1 aromatic rings. The molecule has 0 N–H and O–H groups in total. The molecule has 2 heteroatoms. The van der Waals surface area contributed by atoms with Crippen LogP contribution < -0.4 is 4.74 Å². The molecule has 0 aliphatic carbocycles. The molecular weight excluding hydrogens is 176 g/mol. The summed E-state index contributed by atoms with van der Waals surface area (Å²) >= 11 is 0. The number of ketones is 1. The summed E-state index contributed by atoms with van der Waals surface area (Å²) < 4.78 is 5.46. The molecule has 0 atom stereocenters. The van der Waals surface area contributed by atoms with Gasteiger partial charge in [-0.15, -0.1) is 0 Å². The highest BCUT2D eigenvalue weighted by Crippen LogP contribution is 2.28. The molecule has 0 bridgehead atoms. The fourth-order valence-electron chi connectivity index (χ4n) is 1.64. The lowest BCUT2D eigenvalue weighted by atomic mass is 9.97. The van der Waals surface area contributed by atoms with Crippen LogP contribution in [-0.2, 0) is 0 Å². The van der Waals surface area contributed by atoms with Gasteiger partial charge in [0.05, 0.1) is 12.2 Å². The summed E-state index contributed by atoms with van der Waals surface area (Å²) in [6.45, 7) is 4.78. The van der Waals surface area contributed by atoms with Crippen molar-refractivity contribution in [3.8, 4) is 5.75 Å². The fourth-order valence-corrected chi connectivity index (χ4v) is 1.64. The number of carbonyl (C=O) groups is 1. The molecule has 74 valence electrons. The van der Waals surface area contributed by atoms with E-state index >= 15 is 0 Å². The molecule has 0 saturated carbocycles. The molecule has 2 nitrogen and oxygen atoms in total. The molecule has 0 spiro atoms. The minimum absolute atomic E-state index is 0.196. The lowest BCUT2D eigenvalue weighted by molar-refractivity contribution is 0.0933. The number of hydrogen-bond donors (Lipinski definition) is 0. The van der Waals surface area contributed by atoms with Crippen LogP contribution in [-0.4, -0.2) is 12.4 Å². The maximum atomic E-state index is 11.5. The predicted molar refractivity (Wildman–Crippen MR) is 55.0 cm³/mol. The zero-order valence-electron chi connectivity index (χ0n) is 8.54. The van der Waals surface area contributed by atoms with Crippen molar-refractivity contribution in [3.63, 3.8) is 0 Å². The smallest absolute Gasteiger partial charge is 0.169 e. The van der Waals surface area contributed by atoms with Crippen molar-refractivity contribution in [3.05, 3.63) is 29.3 Å². The molecule has 2 rings (SSSR count). The second kappa shape index (κ2) is 3.45. The first-order valence-corrected chi connectivity index (χ1v) is 4.98. The summed E-state index contributed by atoms with van der Waals surface area (Å²) in [5.41, 5.74) is 1.96. The van der Waals surface area contributed by atoms with Gasteiger partial charge in [-0.2, -0.15) is 0 Å². The molecule has 1 heterocycles. The number of Topliss-reactive ketones (excluding diaryl/α,β-unsaturated/α-hetero) is 1. The van der Waals surface area contributed by atoms with Crippen molar-refractivity contribution in [2.24, 2.45) is 0 Å². The van der Waals surface area contributed by atoms with Gasteiger partial charge in [0, 0.05) is 6.42 Å². The Morgan fingerprint density at radius 1 is 1.36 bits per heavy atom. The van der Waals surface area contributed by atoms with Gasteiger partial charge in [-0.25, -0.2) is 0 Å². The van der Waals surface area contributed by atoms with E-state index < -0.39 is 0 Å². The van der Waals surface area contributed by atoms with E-state index in [1.54, 1.807) is 0 Å². The Kier molecular flexibility index (Phi) is 2.28. The number of fused-ring (bicyclic) bond motifs is 1. The van der Waals surface area contributed by atoms with E-state index in [0.717, 1.165) is 11.3 Å². The van der Waals surface area contributed by atoms with Crippen LogP contribution in [0.15, 0.2) is 18.2 Å². The number of benzene rings is 1. The summed E-state index contributed by atoms with van der Waals surface area (Å²) in [7, 11) is 0. The van der Waals surface area contributed by atoms with Gasteiger partial charge in [-0.3, -0.25) is 4.79 Å². The molecule has 1 aliphatic heterocycles. The van der Waals surface area contributed by atoms with E-state index in [4.69, 9.17) is 4.74 Å². The van der Waals surface area contributed by atoms with Gasteiger partial charge in [-0.05, 0) is 23.6 Å². The second-order valence-corrected chi connectivity index (χ2v) is 3.93. The molecular formula is C12H14O2. The van der Waals surface area contributed by atoms with Crippen LogP contribution in [0.3, 0.4) is 0 Å².